The van der Waals surface area contributed by atoms with Gasteiger partial charge in [-0.05, 0) is 46.6 Å². The molecule has 0 aliphatic rings. The highest BCUT2D eigenvalue weighted by molar-refractivity contribution is 6.60. The van der Waals surface area contributed by atoms with Gasteiger partial charge in [-0.15, -0.1) is 0 Å². The average Bonchev–Trinajstić information content (AvgIpc) is 2.85. The monoisotopic (exact) mass is 526 g/mol. The van der Waals surface area contributed by atoms with Crippen LogP contribution in [0.1, 0.15) is 97.1 Å². The molecular formula is C26H46N2O7Si. The van der Waals surface area contributed by atoms with Crippen LogP contribution in [-0.2, 0) is 18.0 Å². The van der Waals surface area contributed by atoms with Crippen molar-refractivity contribution in [1.82, 2.24) is 5.32 Å². The van der Waals surface area contributed by atoms with Crippen LogP contribution in [0.25, 0.3) is 0 Å². The first-order valence-electron chi connectivity index (χ1n) is 13.5. The number of nitrogens with one attached hydrogen (secondary N) is 1. The second-order valence-corrected chi connectivity index (χ2v) is 11.4. The van der Waals surface area contributed by atoms with Crippen molar-refractivity contribution in [1.29, 1.82) is 0 Å². The molecule has 206 valence electrons. The molecule has 1 aromatic carbocycles. The Balaban J connectivity index is 2.08. The summed E-state index contributed by atoms with van der Waals surface area (Å²) in [4.78, 5) is 22.7. The van der Waals surface area contributed by atoms with Gasteiger partial charge in [-0.1, -0.05) is 57.1 Å². The van der Waals surface area contributed by atoms with Gasteiger partial charge in [0, 0.05) is 38.5 Å². The van der Waals surface area contributed by atoms with Gasteiger partial charge in [0.15, 0.2) is 0 Å². The fourth-order valence-electron chi connectivity index (χ4n) is 4.16. The lowest BCUT2D eigenvalue weighted by Gasteiger charge is -2.28. The standard InChI is InChI=1S/C26H46N2O7Si/c1-5-32-36(33-6-2,34-7-3)22-18-14-12-10-8-9-11-13-17-21-27-26(29)35-23(4)24-19-15-16-20-25(24)28(30)31/h15-16,19-20,23H,5-14,17-18,21-22H2,1-4H3,(H,27,29). The molecule has 0 radical (unpaired) electrons. The molecular weight excluding hydrogens is 480 g/mol. The number of alkyl carbamates (subject to hydrolysis) is 1. The van der Waals surface area contributed by atoms with Gasteiger partial charge in [0.1, 0.15) is 6.10 Å². The molecule has 1 aromatic rings. The zero-order chi connectivity index (χ0) is 26.7. The topological polar surface area (TPSA) is 109 Å². The summed E-state index contributed by atoms with van der Waals surface area (Å²) in [7, 11) is -2.50. The van der Waals surface area contributed by atoms with Gasteiger partial charge in [-0.3, -0.25) is 10.1 Å². The molecule has 1 atom stereocenters. The van der Waals surface area contributed by atoms with Crippen molar-refractivity contribution >= 4 is 20.6 Å². The molecule has 0 heterocycles. The van der Waals surface area contributed by atoms with Gasteiger partial charge >= 0.3 is 14.9 Å². The minimum absolute atomic E-state index is 0.0470. The van der Waals surface area contributed by atoms with Gasteiger partial charge in [0.05, 0.1) is 10.5 Å². The number of ether oxygens (including phenoxy) is 1. The van der Waals surface area contributed by atoms with Crippen molar-refractivity contribution in [3.05, 3.63) is 39.9 Å². The Hall–Kier alpha value is -2.01. The summed E-state index contributed by atoms with van der Waals surface area (Å²) in [5.41, 5.74) is 0.339. The molecule has 0 spiro atoms. The summed E-state index contributed by atoms with van der Waals surface area (Å²) in [5, 5.41) is 13.9. The van der Waals surface area contributed by atoms with Gasteiger partial charge < -0.3 is 23.3 Å². The molecule has 1 N–H and O–H groups in total. The number of amides is 1. The van der Waals surface area contributed by atoms with Crippen molar-refractivity contribution in [2.45, 2.75) is 97.6 Å². The molecule has 0 aliphatic heterocycles. The van der Waals surface area contributed by atoms with Gasteiger partial charge in [-0.2, -0.15) is 0 Å². The molecule has 1 amide bonds. The second kappa shape index (κ2) is 19.1. The molecule has 1 rings (SSSR count). The maximum atomic E-state index is 12.0. The van der Waals surface area contributed by atoms with Crippen LogP contribution in [0.15, 0.2) is 24.3 Å². The van der Waals surface area contributed by atoms with Crippen LogP contribution >= 0.6 is 0 Å². The lowest BCUT2D eigenvalue weighted by Crippen LogP contribution is -2.45. The summed E-state index contributed by atoms with van der Waals surface area (Å²) in [5.74, 6) is 0. The SMILES string of the molecule is CCO[Si](CCCCCCCCCCCNC(=O)OC(C)c1ccccc1[N+](=O)[O-])(OCC)OCC. The van der Waals surface area contributed by atoms with E-state index in [1.165, 1.54) is 38.2 Å². The third-order valence-corrected chi connectivity index (χ3v) is 9.03. The molecule has 10 heteroatoms. The zero-order valence-corrected chi connectivity index (χ0v) is 23.6. The fourth-order valence-corrected chi connectivity index (χ4v) is 6.84. The van der Waals surface area contributed by atoms with Crippen molar-refractivity contribution in [3.63, 3.8) is 0 Å². The molecule has 0 saturated carbocycles. The van der Waals surface area contributed by atoms with Gasteiger partial charge in [0.2, 0.25) is 0 Å². The van der Waals surface area contributed by atoms with Crippen molar-refractivity contribution < 1.29 is 27.7 Å². The highest BCUT2D eigenvalue weighted by Gasteiger charge is 2.39. The Bertz CT molecular complexity index is 734. The molecule has 0 fully saturated rings. The Morgan fingerprint density at radius 1 is 0.889 bits per heavy atom. The van der Waals surface area contributed by atoms with Crippen LogP contribution in [0.4, 0.5) is 10.5 Å². The third kappa shape index (κ3) is 12.8. The largest absolute Gasteiger partial charge is 0.500 e. The zero-order valence-electron chi connectivity index (χ0n) is 22.6. The number of hydrogen-bond donors (Lipinski definition) is 1. The van der Waals surface area contributed by atoms with Gasteiger partial charge in [0.25, 0.3) is 5.69 Å². The predicted molar refractivity (Wildman–Crippen MR) is 143 cm³/mol. The van der Waals surface area contributed by atoms with E-state index < -0.39 is 25.9 Å². The lowest BCUT2D eigenvalue weighted by atomic mass is 10.1. The number of benzene rings is 1. The number of nitro benzene ring substituents is 1. The Morgan fingerprint density at radius 2 is 1.39 bits per heavy atom. The maximum absolute atomic E-state index is 12.0. The van der Waals surface area contributed by atoms with Crippen LogP contribution < -0.4 is 5.32 Å². The molecule has 36 heavy (non-hydrogen) atoms. The number of para-hydroxylation sites is 1. The third-order valence-electron chi connectivity index (χ3n) is 5.88. The minimum atomic E-state index is -2.50. The normalized spacial score (nSPS) is 12.3. The van der Waals surface area contributed by atoms with Crippen LogP contribution in [0.3, 0.4) is 0 Å². The summed E-state index contributed by atoms with van der Waals surface area (Å²) >= 11 is 0. The first kappa shape index (κ1) is 32.0. The van der Waals surface area contributed by atoms with Crippen LogP contribution in [-0.4, -0.2) is 46.2 Å². The van der Waals surface area contributed by atoms with Gasteiger partial charge in [-0.25, -0.2) is 4.79 Å². The number of carbonyl (C=O) groups excluding carboxylic acids is 1. The van der Waals surface area contributed by atoms with Crippen LogP contribution in [0.5, 0.6) is 0 Å². The molecule has 9 nitrogen and oxygen atoms in total. The van der Waals surface area contributed by atoms with E-state index in [9.17, 15) is 14.9 Å². The number of rotatable bonds is 21. The number of nitro groups is 1. The van der Waals surface area contributed by atoms with Crippen LogP contribution in [0.2, 0.25) is 6.04 Å². The van der Waals surface area contributed by atoms with E-state index in [1.807, 2.05) is 20.8 Å². The number of nitrogens with zero attached hydrogens (tertiary/aromatic N) is 1. The van der Waals surface area contributed by atoms with E-state index in [-0.39, 0.29) is 5.69 Å². The Labute approximate surface area is 217 Å². The molecule has 0 saturated heterocycles. The Kier molecular flexibility index (Phi) is 17.0. The summed E-state index contributed by atoms with van der Waals surface area (Å²) < 4.78 is 23.0. The Morgan fingerprint density at radius 3 is 1.92 bits per heavy atom. The quantitative estimate of drug-likeness (QED) is 0.0799. The minimum Gasteiger partial charge on any atom is -0.441 e. The average molecular weight is 527 g/mol. The highest BCUT2D eigenvalue weighted by atomic mass is 28.4. The summed E-state index contributed by atoms with van der Waals surface area (Å²) in [6.07, 6.45) is 8.90. The second-order valence-electron chi connectivity index (χ2n) is 8.70. The molecule has 0 aromatic heterocycles. The van der Waals surface area contributed by atoms with Crippen LogP contribution in [0, 0.1) is 10.1 Å². The van der Waals surface area contributed by atoms with Crippen molar-refractivity contribution in [3.8, 4) is 0 Å². The lowest BCUT2D eigenvalue weighted by molar-refractivity contribution is -0.386. The number of hydrogen-bond acceptors (Lipinski definition) is 7. The maximum Gasteiger partial charge on any atom is 0.500 e. The van der Waals surface area contributed by atoms with E-state index in [1.54, 1.807) is 25.1 Å². The van der Waals surface area contributed by atoms with E-state index in [0.29, 0.717) is 31.9 Å². The number of unbranched alkanes of at least 4 members (excludes halogenated alkanes) is 8. The fraction of sp³-hybridized carbons (Fsp3) is 0.731. The molecule has 1 unspecified atom stereocenters. The smallest absolute Gasteiger partial charge is 0.441 e. The van der Waals surface area contributed by atoms with E-state index in [2.05, 4.69) is 5.32 Å². The predicted octanol–water partition coefficient (Wildman–Crippen LogP) is 6.94. The van der Waals surface area contributed by atoms with E-state index >= 15 is 0 Å². The van der Waals surface area contributed by atoms with E-state index in [0.717, 1.165) is 31.7 Å². The first-order chi connectivity index (χ1) is 17.4. The highest BCUT2D eigenvalue weighted by Crippen LogP contribution is 2.27. The first-order valence-corrected chi connectivity index (χ1v) is 15.4. The van der Waals surface area contributed by atoms with Crippen molar-refractivity contribution in [2.75, 3.05) is 26.4 Å². The summed E-state index contributed by atoms with van der Waals surface area (Å²) in [6.45, 7) is 10.0. The molecule has 0 aliphatic carbocycles. The van der Waals surface area contributed by atoms with E-state index in [4.69, 9.17) is 18.0 Å². The number of carbonyl (C=O) groups is 1. The molecule has 0 bridgehead atoms. The summed E-state index contributed by atoms with van der Waals surface area (Å²) in [6, 6.07) is 7.19. The van der Waals surface area contributed by atoms with Crippen molar-refractivity contribution in [2.24, 2.45) is 0 Å².